The molecule has 0 radical (unpaired) electrons. The van der Waals surface area contributed by atoms with Gasteiger partial charge >= 0.3 is 6.09 Å². The summed E-state index contributed by atoms with van der Waals surface area (Å²) in [6.07, 6.45) is 4.21. The van der Waals surface area contributed by atoms with Crippen molar-refractivity contribution in [3.8, 4) is 0 Å². The molecule has 6 heteroatoms. The van der Waals surface area contributed by atoms with Crippen LogP contribution in [0.5, 0.6) is 0 Å². The van der Waals surface area contributed by atoms with Gasteiger partial charge in [0.25, 0.3) is 0 Å². The molecule has 1 atom stereocenters. The molecule has 2 aromatic rings. The SMILES string of the molecule is CCN(CC)Cc1cccc2c1nc(C(CCC1CC1)NC(=O)OC(C)(C)C)n2C. The highest BCUT2D eigenvalue weighted by atomic mass is 16.6. The summed E-state index contributed by atoms with van der Waals surface area (Å²) < 4.78 is 7.67. The number of carbonyl (C=O) groups is 1. The van der Waals surface area contributed by atoms with E-state index in [1.165, 1.54) is 18.4 Å². The highest BCUT2D eigenvalue weighted by Gasteiger charge is 2.28. The fourth-order valence-corrected chi connectivity index (χ4v) is 3.94. The van der Waals surface area contributed by atoms with Crippen LogP contribution >= 0.6 is 0 Å². The Hall–Kier alpha value is -2.08. The standard InChI is InChI=1S/C24H38N4O2/c1-7-28(8-2)16-18-10-9-11-20-21(18)26-22(27(20)6)19(15-14-17-12-13-17)25-23(29)30-24(3,4)5/h9-11,17,19H,7-8,12-16H2,1-6H3,(H,25,29). The normalized spacial score (nSPS) is 15.6. The summed E-state index contributed by atoms with van der Waals surface area (Å²) in [6, 6.07) is 6.23. The van der Waals surface area contributed by atoms with E-state index in [4.69, 9.17) is 9.72 Å². The molecule has 166 valence electrons. The van der Waals surface area contributed by atoms with Gasteiger partial charge in [0.15, 0.2) is 0 Å². The second kappa shape index (κ2) is 9.38. The van der Waals surface area contributed by atoms with Crippen LogP contribution in [0.3, 0.4) is 0 Å². The maximum atomic E-state index is 12.5. The topological polar surface area (TPSA) is 59.4 Å². The molecule has 1 aromatic heterocycles. The maximum absolute atomic E-state index is 12.5. The van der Waals surface area contributed by atoms with Crippen LogP contribution in [0.4, 0.5) is 4.79 Å². The number of fused-ring (bicyclic) bond motifs is 1. The quantitative estimate of drug-likeness (QED) is 0.615. The third-order valence-corrected chi connectivity index (χ3v) is 5.88. The number of benzene rings is 1. The second-order valence-electron chi connectivity index (χ2n) is 9.49. The molecule has 0 saturated heterocycles. The number of para-hydroxylation sites is 1. The number of imidazole rings is 1. The molecule has 1 heterocycles. The zero-order valence-corrected chi connectivity index (χ0v) is 19.5. The molecule has 30 heavy (non-hydrogen) atoms. The third kappa shape index (κ3) is 5.75. The van der Waals surface area contributed by atoms with Crippen molar-refractivity contribution in [2.45, 2.75) is 78.5 Å². The molecule has 1 amide bonds. The molecule has 0 aliphatic heterocycles. The number of aromatic nitrogens is 2. The van der Waals surface area contributed by atoms with E-state index in [0.717, 1.165) is 55.3 Å². The first-order chi connectivity index (χ1) is 14.2. The number of ether oxygens (including phenoxy) is 1. The molecule has 1 saturated carbocycles. The highest BCUT2D eigenvalue weighted by Crippen LogP contribution is 2.36. The van der Waals surface area contributed by atoms with Crippen LogP contribution < -0.4 is 5.32 Å². The molecule has 0 spiro atoms. The molecular formula is C24H38N4O2. The van der Waals surface area contributed by atoms with Gasteiger partial charge in [-0.15, -0.1) is 0 Å². The Labute approximate surface area is 181 Å². The summed E-state index contributed by atoms with van der Waals surface area (Å²) in [4.78, 5) is 20.0. The molecule has 1 unspecified atom stereocenters. The summed E-state index contributed by atoms with van der Waals surface area (Å²) in [6.45, 7) is 12.9. The lowest BCUT2D eigenvalue weighted by atomic mass is 10.1. The Morgan fingerprint density at radius 3 is 2.60 bits per heavy atom. The molecule has 1 aliphatic rings. The molecular weight excluding hydrogens is 376 g/mol. The van der Waals surface area contributed by atoms with E-state index >= 15 is 0 Å². The predicted octanol–water partition coefficient (Wildman–Crippen LogP) is 5.17. The number of hydrogen-bond donors (Lipinski definition) is 1. The van der Waals surface area contributed by atoms with Gasteiger partial charge in [0.1, 0.15) is 11.4 Å². The van der Waals surface area contributed by atoms with E-state index in [1.54, 1.807) is 0 Å². The van der Waals surface area contributed by atoms with Gasteiger partial charge in [-0.1, -0.05) is 38.8 Å². The van der Waals surface area contributed by atoms with Gasteiger partial charge in [-0.3, -0.25) is 4.90 Å². The van der Waals surface area contributed by atoms with Gasteiger partial charge in [-0.25, -0.2) is 9.78 Å². The van der Waals surface area contributed by atoms with E-state index in [9.17, 15) is 4.79 Å². The summed E-state index contributed by atoms with van der Waals surface area (Å²) in [5, 5.41) is 3.10. The second-order valence-corrected chi connectivity index (χ2v) is 9.49. The van der Waals surface area contributed by atoms with Crippen molar-refractivity contribution in [2.75, 3.05) is 13.1 Å². The Balaban J connectivity index is 1.90. The van der Waals surface area contributed by atoms with Crippen molar-refractivity contribution < 1.29 is 9.53 Å². The molecule has 1 aromatic carbocycles. The van der Waals surface area contributed by atoms with Gasteiger partial charge in [0.2, 0.25) is 0 Å². The van der Waals surface area contributed by atoms with Crippen molar-refractivity contribution in [1.29, 1.82) is 0 Å². The maximum Gasteiger partial charge on any atom is 0.408 e. The Morgan fingerprint density at radius 2 is 2.00 bits per heavy atom. The van der Waals surface area contributed by atoms with Crippen LogP contribution in [-0.4, -0.2) is 39.2 Å². The van der Waals surface area contributed by atoms with E-state index < -0.39 is 5.60 Å². The number of aryl methyl sites for hydroxylation is 1. The van der Waals surface area contributed by atoms with E-state index in [0.29, 0.717) is 0 Å². The molecule has 1 fully saturated rings. The number of rotatable bonds is 9. The van der Waals surface area contributed by atoms with E-state index in [1.807, 2.05) is 27.8 Å². The molecule has 0 bridgehead atoms. The van der Waals surface area contributed by atoms with Gasteiger partial charge in [0, 0.05) is 13.6 Å². The van der Waals surface area contributed by atoms with Crippen molar-refractivity contribution in [3.05, 3.63) is 29.6 Å². The summed E-state index contributed by atoms with van der Waals surface area (Å²) in [7, 11) is 2.05. The predicted molar refractivity (Wildman–Crippen MR) is 121 cm³/mol. The molecule has 6 nitrogen and oxygen atoms in total. The fourth-order valence-electron chi connectivity index (χ4n) is 3.94. The average Bonchev–Trinajstić information content (AvgIpc) is 3.44. The van der Waals surface area contributed by atoms with Crippen molar-refractivity contribution in [2.24, 2.45) is 13.0 Å². The van der Waals surface area contributed by atoms with Crippen molar-refractivity contribution in [1.82, 2.24) is 19.8 Å². The lowest BCUT2D eigenvalue weighted by Crippen LogP contribution is -2.36. The minimum atomic E-state index is -0.519. The van der Waals surface area contributed by atoms with Crippen LogP contribution in [-0.2, 0) is 18.3 Å². The molecule has 1 N–H and O–H groups in total. The summed E-state index contributed by atoms with van der Waals surface area (Å²) >= 11 is 0. The Morgan fingerprint density at radius 1 is 1.30 bits per heavy atom. The lowest BCUT2D eigenvalue weighted by Gasteiger charge is -2.23. The first-order valence-corrected chi connectivity index (χ1v) is 11.4. The van der Waals surface area contributed by atoms with E-state index in [-0.39, 0.29) is 12.1 Å². The first kappa shape index (κ1) is 22.6. The third-order valence-electron chi connectivity index (χ3n) is 5.88. The minimum Gasteiger partial charge on any atom is -0.444 e. The van der Waals surface area contributed by atoms with Gasteiger partial charge in [-0.05, 0) is 64.3 Å². The molecule has 3 rings (SSSR count). The highest BCUT2D eigenvalue weighted by molar-refractivity contribution is 5.80. The summed E-state index contributed by atoms with van der Waals surface area (Å²) in [5.41, 5.74) is 2.85. The van der Waals surface area contributed by atoms with Crippen LogP contribution in [0.25, 0.3) is 11.0 Å². The van der Waals surface area contributed by atoms with Gasteiger partial charge in [0.05, 0.1) is 17.1 Å². The number of nitrogens with one attached hydrogen (secondary N) is 1. The zero-order chi connectivity index (χ0) is 21.9. The number of amides is 1. The smallest absolute Gasteiger partial charge is 0.408 e. The van der Waals surface area contributed by atoms with E-state index in [2.05, 4.69) is 46.8 Å². The van der Waals surface area contributed by atoms with Crippen LogP contribution in [0.15, 0.2) is 18.2 Å². The number of carbonyl (C=O) groups excluding carboxylic acids is 1. The monoisotopic (exact) mass is 414 g/mol. The number of alkyl carbamates (subject to hydrolysis) is 1. The lowest BCUT2D eigenvalue weighted by molar-refractivity contribution is 0.0497. The van der Waals surface area contributed by atoms with Crippen molar-refractivity contribution in [3.63, 3.8) is 0 Å². The largest absolute Gasteiger partial charge is 0.444 e. The average molecular weight is 415 g/mol. The number of nitrogens with zero attached hydrogens (tertiary/aromatic N) is 3. The number of hydrogen-bond acceptors (Lipinski definition) is 4. The van der Waals surface area contributed by atoms with Crippen LogP contribution in [0.1, 0.15) is 77.7 Å². The van der Waals surface area contributed by atoms with Gasteiger partial charge in [-0.2, -0.15) is 0 Å². The first-order valence-electron chi connectivity index (χ1n) is 11.4. The Kier molecular flexibility index (Phi) is 7.06. The minimum absolute atomic E-state index is 0.154. The summed E-state index contributed by atoms with van der Waals surface area (Å²) in [5.74, 6) is 1.70. The fraction of sp³-hybridized carbons (Fsp3) is 0.667. The van der Waals surface area contributed by atoms with Crippen LogP contribution in [0, 0.1) is 5.92 Å². The molecule has 1 aliphatic carbocycles. The van der Waals surface area contributed by atoms with Gasteiger partial charge < -0.3 is 14.6 Å². The van der Waals surface area contributed by atoms with Crippen molar-refractivity contribution >= 4 is 17.1 Å². The zero-order valence-electron chi connectivity index (χ0n) is 19.5. The van der Waals surface area contributed by atoms with Crippen LogP contribution in [0.2, 0.25) is 0 Å². The Bertz CT molecular complexity index is 860.